The van der Waals surface area contributed by atoms with E-state index in [2.05, 4.69) is 21.4 Å². The molecule has 2 fully saturated rings. The van der Waals surface area contributed by atoms with Gasteiger partial charge in [-0.05, 0) is 74.4 Å². The first-order valence-corrected chi connectivity index (χ1v) is 13.2. The minimum atomic E-state index is -3.53. The van der Waals surface area contributed by atoms with Crippen LogP contribution in [0.25, 0.3) is 11.0 Å². The molecule has 2 aromatic carbocycles. The highest BCUT2D eigenvalue weighted by Gasteiger charge is 2.26. The predicted octanol–water partition coefficient (Wildman–Crippen LogP) is 4.66. The maximum atomic E-state index is 12.9. The number of hydrogen-bond acceptors (Lipinski definition) is 4. The molecular formula is C25H31N3O3S. The molecule has 0 saturated heterocycles. The van der Waals surface area contributed by atoms with Crippen LogP contribution in [0.4, 0.5) is 0 Å². The Morgan fingerprint density at radius 3 is 2.50 bits per heavy atom. The highest BCUT2D eigenvalue weighted by molar-refractivity contribution is 7.89. The first kappa shape index (κ1) is 21.5. The van der Waals surface area contributed by atoms with Gasteiger partial charge in [-0.3, -0.25) is 0 Å². The lowest BCUT2D eigenvalue weighted by molar-refractivity contribution is 0.340. The van der Waals surface area contributed by atoms with Crippen LogP contribution in [0.5, 0.6) is 5.75 Å². The molecule has 2 aliphatic carbocycles. The van der Waals surface area contributed by atoms with Crippen LogP contribution in [0.2, 0.25) is 0 Å². The molecule has 5 rings (SSSR count). The summed E-state index contributed by atoms with van der Waals surface area (Å²) in [5.74, 6) is 2.54. The zero-order valence-corrected chi connectivity index (χ0v) is 19.4. The Bertz CT molecular complexity index is 1190. The molecule has 2 aliphatic rings. The van der Waals surface area contributed by atoms with Gasteiger partial charge in [0.05, 0.1) is 22.5 Å². The number of aromatic nitrogens is 2. The number of nitrogens with one attached hydrogen (secondary N) is 1. The summed E-state index contributed by atoms with van der Waals surface area (Å²) in [5.41, 5.74) is 2.93. The third-order valence-electron chi connectivity index (χ3n) is 6.52. The summed E-state index contributed by atoms with van der Waals surface area (Å²) < 4.78 is 36.6. The SMILES string of the molecule is CCOc1ccc(Cc2nc3cc(S(=O)(=O)NC4CCCC4)ccc3n2CC2CC2)cc1. The Hall–Kier alpha value is -2.38. The second-order valence-corrected chi connectivity index (χ2v) is 10.8. The van der Waals surface area contributed by atoms with Crippen LogP contribution < -0.4 is 9.46 Å². The van der Waals surface area contributed by atoms with Gasteiger partial charge in [0.25, 0.3) is 0 Å². The topological polar surface area (TPSA) is 73.2 Å². The molecule has 1 aromatic heterocycles. The smallest absolute Gasteiger partial charge is 0.240 e. The largest absolute Gasteiger partial charge is 0.494 e. The molecule has 0 spiro atoms. The summed E-state index contributed by atoms with van der Waals surface area (Å²) in [5, 5.41) is 0. The minimum Gasteiger partial charge on any atom is -0.494 e. The fourth-order valence-corrected chi connectivity index (χ4v) is 5.93. The molecule has 6 nitrogen and oxygen atoms in total. The summed E-state index contributed by atoms with van der Waals surface area (Å²) in [6.45, 7) is 3.57. The quantitative estimate of drug-likeness (QED) is 0.512. The van der Waals surface area contributed by atoms with Gasteiger partial charge < -0.3 is 9.30 Å². The number of nitrogens with zero attached hydrogens (tertiary/aromatic N) is 2. The Balaban J connectivity index is 1.45. The number of sulfonamides is 1. The standard InChI is InChI=1S/C25H31N3O3S/c1-2-31-21-11-9-18(10-12-21)15-25-26-23-16-22(32(29,30)27-20-5-3-4-6-20)13-14-24(23)28(25)17-19-7-8-19/h9-14,16,19-20,27H,2-8,15,17H2,1H3. The molecule has 0 radical (unpaired) electrons. The molecule has 170 valence electrons. The van der Waals surface area contributed by atoms with Crippen LogP contribution in [0.15, 0.2) is 47.4 Å². The first-order chi connectivity index (χ1) is 15.5. The van der Waals surface area contributed by atoms with Gasteiger partial charge in [0.15, 0.2) is 0 Å². The fourth-order valence-electron chi connectivity index (χ4n) is 4.61. The lowest BCUT2D eigenvalue weighted by Crippen LogP contribution is -2.32. The van der Waals surface area contributed by atoms with Crippen molar-refractivity contribution in [2.45, 2.75) is 69.4 Å². The molecular weight excluding hydrogens is 422 g/mol. The van der Waals surface area contributed by atoms with E-state index in [1.807, 2.05) is 25.1 Å². The normalized spacial score (nSPS) is 17.3. The van der Waals surface area contributed by atoms with Crippen LogP contribution in [0.1, 0.15) is 56.8 Å². The second kappa shape index (κ2) is 8.87. The Morgan fingerprint density at radius 2 is 1.81 bits per heavy atom. The van der Waals surface area contributed by atoms with Crippen molar-refractivity contribution in [2.75, 3.05) is 6.61 Å². The van der Waals surface area contributed by atoms with E-state index in [-0.39, 0.29) is 6.04 Å². The Kier molecular flexibility index (Phi) is 5.95. The number of fused-ring (bicyclic) bond motifs is 1. The van der Waals surface area contributed by atoms with Crippen LogP contribution in [-0.4, -0.2) is 30.6 Å². The monoisotopic (exact) mass is 453 g/mol. The molecule has 3 aromatic rings. The fraction of sp³-hybridized carbons (Fsp3) is 0.480. The van der Waals surface area contributed by atoms with Gasteiger partial charge in [-0.2, -0.15) is 0 Å². The highest BCUT2D eigenvalue weighted by atomic mass is 32.2. The first-order valence-electron chi connectivity index (χ1n) is 11.7. The summed E-state index contributed by atoms with van der Waals surface area (Å²) in [6.07, 6.45) is 7.23. The van der Waals surface area contributed by atoms with Crippen molar-refractivity contribution in [3.8, 4) is 5.75 Å². The summed E-state index contributed by atoms with van der Waals surface area (Å²) >= 11 is 0. The molecule has 0 aliphatic heterocycles. The molecule has 32 heavy (non-hydrogen) atoms. The van der Waals surface area contributed by atoms with E-state index >= 15 is 0 Å². The lowest BCUT2D eigenvalue weighted by Gasteiger charge is -2.12. The van der Waals surface area contributed by atoms with E-state index in [0.717, 1.165) is 60.4 Å². The molecule has 0 unspecified atom stereocenters. The summed E-state index contributed by atoms with van der Waals surface area (Å²) in [4.78, 5) is 5.20. The van der Waals surface area contributed by atoms with Crippen molar-refractivity contribution in [3.05, 3.63) is 53.9 Å². The summed E-state index contributed by atoms with van der Waals surface area (Å²) in [7, 11) is -3.53. The maximum absolute atomic E-state index is 12.9. The van der Waals surface area contributed by atoms with Gasteiger partial charge in [-0.15, -0.1) is 0 Å². The lowest BCUT2D eigenvalue weighted by atomic mass is 10.1. The molecule has 1 N–H and O–H groups in total. The van der Waals surface area contributed by atoms with Gasteiger partial charge in [0.1, 0.15) is 11.6 Å². The van der Waals surface area contributed by atoms with Crippen molar-refractivity contribution in [3.63, 3.8) is 0 Å². The van der Waals surface area contributed by atoms with Gasteiger partial charge in [-0.25, -0.2) is 18.1 Å². The van der Waals surface area contributed by atoms with Crippen molar-refractivity contribution in [1.29, 1.82) is 0 Å². The maximum Gasteiger partial charge on any atom is 0.240 e. The van der Waals surface area contributed by atoms with Crippen LogP contribution >= 0.6 is 0 Å². The zero-order chi connectivity index (χ0) is 22.1. The van der Waals surface area contributed by atoms with Gasteiger partial charge in [0.2, 0.25) is 10.0 Å². The molecule has 1 heterocycles. The molecule has 0 atom stereocenters. The number of rotatable bonds is 9. The number of imidazole rings is 1. The predicted molar refractivity (Wildman–Crippen MR) is 125 cm³/mol. The van der Waals surface area contributed by atoms with E-state index in [1.165, 1.54) is 12.8 Å². The third kappa shape index (κ3) is 4.69. The molecule has 0 bridgehead atoms. The highest BCUT2D eigenvalue weighted by Crippen LogP contribution is 2.33. The van der Waals surface area contributed by atoms with Gasteiger partial charge in [0, 0.05) is 19.0 Å². The number of hydrogen-bond donors (Lipinski definition) is 1. The van der Waals surface area contributed by atoms with E-state index in [4.69, 9.17) is 9.72 Å². The summed E-state index contributed by atoms with van der Waals surface area (Å²) in [6, 6.07) is 13.6. The Labute approximate surface area is 190 Å². The molecule has 0 amide bonds. The van der Waals surface area contributed by atoms with Crippen molar-refractivity contribution >= 4 is 21.1 Å². The van der Waals surface area contributed by atoms with Gasteiger partial charge in [-0.1, -0.05) is 25.0 Å². The van der Waals surface area contributed by atoms with E-state index in [1.54, 1.807) is 12.1 Å². The molecule has 2 saturated carbocycles. The van der Waals surface area contributed by atoms with Crippen LogP contribution in [0, 0.1) is 5.92 Å². The zero-order valence-electron chi connectivity index (χ0n) is 18.6. The molecule has 7 heteroatoms. The van der Waals surface area contributed by atoms with E-state index in [0.29, 0.717) is 23.8 Å². The van der Waals surface area contributed by atoms with Gasteiger partial charge >= 0.3 is 0 Å². The van der Waals surface area contributed by atoms with Crippen molar-refractivity contribution in [1.82, 2.24) is 14.3 Å². The number of benzene rings is 2. The minimum absolute atomic E-state index is 0.0540. The number of ether oxygens (including phenoxy) is 1. The second-order valence-electron chi connectivity index (χ2n) is 9.09. The van der Waals surface area contributed by atoms with E-state index in [9.17, 15) is 8.42 Å². The van der Waals surface area contributed by atoms with Crippen LogP contribution in [-0.2, 0) is 23.0 Å². The van der Waals surface area contributed by atoms with Crippen LogP contribution in [0.3, 0.4) is 0 Å². The van der Waals surface area contributed by atoms with E-state index < -0.39 is 10.0 Å². The van der Waals surface area contributed by atoms with Crippen molar-refractivity contribution in [2.24, 2.45) is 5.92 Å². The average molecular weight is 454 g/mol. The Morgan fingerprint density at radius 1 is 1.06 bits per heavy atom. The van der Waals surface area contributed by atoms with Crippen molar-refractivity contribution < 1.29 is 13.2 Å². The third-order valence-corrected chi connectivity index (χ3v) is 8.04. The average Bonchev–Trinajstić information content (AvgIpc) is 3.34.